The second kappa shape index (κ2) is 7.53. The molecule has 0 fully saturated rings. The van der Waals surface area contributed by atoms with E-state index in [1.165, 1.54) is 6.07 Å². The number of H-pyrrole nitrogens is 2. The van der Waals surface area contributed by atoms with Crippen LogP contribution in [0.2, 0.25) is 0 Å². The second-order valence-corrected chi connectivity index (χ2v) is 8.72. The zero-order valence-electron chi connectivity index (χ0n) is 14.1. The number of aromatic amines is 2. The minimum absolute atomic E-state index is 0.172. The van der Waals surface area contributed by atoms with E-state index in [9.17, 15) is 23.9 Å². The molecule has 1 aromatic heterocycles. The average molecular weight is 454 g/mol. The van der Waals surface area contributed by atoms with Gasteiger partial charge in [0.15, 0.2) is 0 Å². The molecular formula is C17H17BrN3O5P. The summed E-state index contributed by atoms with van der Waals surface area (Å²) in [6.45, 7) is 1.78. The average Bonchev–Trinajstić information content (AvgIpc) is 2.60. The lowest BCUT2D eigenvalue weighted by atomic mass is 10.1. The van der Waals surface area contributed by atoms with E-state index in [2.05, 4.69) is 31.2 Å². The normalized spacial score (nSPS) is 14.2. The van der Waals surface area contributed by atoms with Gasteiger partial charge in [0.1, 0.15) is 5.78 Å². The zero-order chi connectivity index (χ0) is 19.8. The van der Waals surface area contributed by atoms with E-state index in [-0.39, 0.29) is 22.6 Å². The topological polar surface area (TPSA) is 135 Å². The molecule has 3 rings (SSSR count). The predicted octanol–water partition coefficient (Wildman–Crippen LogP) is 2.51. The Bertz CT molecular complexity index is 1140. The van der Waals surface area contributed by atoms with Crippen LogP contribution in [0.4, 0.5) is 0 Å². The molecule has 0 amide bonds. The van der Waals surface area contributed by atoms with E-state index < -0.39 is 24.5 Å². The Morgan fingerprint density at radius 1 is 1.04 bits per heavy atom. The molecule has 2 aromatic carbocycles. The van der Waals surface area contributed by atoms with E-state index in [0.717, 1.165) is 10.0 Å². The van der Waals surface area contributed by atoms with Crippen molar-refractivity contribution in [2.45, 2.75) is 18.7 Å². The monoisotopic (exact) mass is 453 g/mol. The van der Waals surface area contributed by atoms with Gasteiger partial charge < -0.3 is 19.8 Å². The van der Waals surface area contributed by atoms with Crippen LogP contribution in [0.15, 0.2) is 56.5 Å². The number of rotatable bonds is 5. The molecule has 0 aliphatic rings. The van der Waals surface area contributed by atoms with Crippen molar-refractivity contribution < 1.29 is 14.4 Å². The highest BCUT2D eigenvalue weighted by Gasteiger charge is 2.33. The van der Waals surface area contributed by atoms with E-state index >= 15 is 0 Å². The number of nitrogens with one attached hydrogen (secondary N) is 3. The molecule has 0 saturated heterocycles. The van der Waals surface area contributed by atoms with Crippen LogP contribution >= 0.6 is 23.5 Å². The number of fused-ring (bicyclic) bond motifs is 1. The molecule has 0 saturated carbocycles. The number of para-hydroxylation sites is 1. The Balaban J connectivity index is 2.09. The van der Waals surface area contributed by atoms with Gasteiger partial charge in [-0.3, -0.25) is 19.5 Å². The summed E-state index contributed by atoms with van der Waals surface area (Å²) in [4.78, 5) is 47.9. The van der Waals surface area contributed by atoms with Gasteiger partial charge in [0.25, 0.3) is 0 Å². The third-order valence-electron chi connectivity index (χ3n) is 4.20. The number of aromatic nitrogens is 2. The first-order chi connectivity index (χ1) is 12.7. The minimum Gasteiger partial charge on any atom is -0.323 e. The molecule has 27 heavy (non-hydrogen) atoms. The van der Waals surface area contributed by atoms with Crippen molar-refractivity contribution in [1.82, 2.24) is 15.3 Å². The van der Waals surface area contributed by atoms with E-state index in [0.29, 0.717) is 0 Å². The Labute approximate surface area is 161 Å². The van der Waals surface area contributed by atoms with Crippen molar-refractivity contribution in [3.8, 4) is 0 Å². The molecule has 10 heteroatoms. The van der Waals surface area contributed by atoms with Crippen molar-refractivity contribution in [2.24, 2.45) is 0 Å². The van der Waals surface area contributed by atoms with E-state index in [1.54, 1.807) is 19.1 Å². The minimum atomic E-state index is -4.65. The van der Waals surface area contributed by atoms with Gasteiger partial charge in [-0.1, -0.05) is 40.2 Å². The summed E-state index contributed by atoms with van der Waals surface area (Å²) in [6.07, 6.45) is 0. The van der Waals surface area contributed by atoms with Crippen molar-refractivity contribution >= 4 is 34.6 Å². The molecule has 0 aliphatic carbocycles. The SMILES string of the molecule is C[C@H](N[C@H](c1cccc2[nH]c(=O)c(=O)[nH]c12)P(=O)(O)O)c1ccc(Br)cc1. The Morgan fingerprint density at radius 2 is 1.67 bits per heavy atom. The van der Waals surface area contributed by atoms with Crippen LogP contribution in [0.25, 0.3) is 11.0 Å². The smallest absolute Gasteiger partial charge is 0.323 e. The summed E-state index contributed by atoms with van der Waals surface area (Å²) in [6, 6.07) is 11.6. The quantitative estimate of drug-likeness (QED) is 0.297. The predicted molar refractivity (Wildman–Crippen MR) is 106 cm³/mol. The number of hydrogen-bond donors (Lipinski definition) is 5. The first-order valence-corrected chi connectivity index (χ1v) is 10.5. The third-order valence-corrected chi connectivity index (χ3v) is 5.83. The number of hydrogen-bond acceptors (Lipinski definition) is 4. The molecule has 0 radical (unpaired) electrons. The molecule has 0 unspecified atom stereocenters. The molecular weight excluding hydrogens is 437 g/mol. The molecule has 5 N–H and O–H groups in total. The van der Waals surface area contributed by atoms with Gasteiger partial charge in [-0.05, 0) is 30.7 Å². The number of benzene rings is 2. The highest BCUT2D eigenvalue weighted by Crippen LogP contribution is 2.51. The van der Waals surface area contributed by atoms with Crippen LogP contribution in [0.3, 0.4) is 0 Å². The molecule has 0 bridgehead atoms. The summed E-state index contributed by atoms with van der Waals surface area (Å²) in [7, 11) is -4.65. The first kappa shape index (κ1) is 19.7. The standard InChI is InChI=1S/C17H17BrN3O5P/c1-9(10-5-7-11(18)8-6-10)19-17(27(24,25)26)12-3-2-4-13-14(12)21-16(23)15(22)20-13/h2-9,17,19H,1H3,(H,20,22)(H,21,23)(H2,24,25,26)/t9-,17-/m0/s1. The van der Waals surface area contributed by atoms with Gasteiger partial charge in [-0.25, -0.2) is 0 Å². The summed E-state index contributed by atoms with van der Waals surface area (Å²) in [5.41, 5.74) is -0.236. The lowest BCUT2D eigenvalue weighted by Gasteiger charge is -2.25. The maximum Gasteiger partial charge on any atom is 0.346 e. The fourth-order valence-electron chi connectivity index (χ4n) is 2.84. The van der Waals surface area contributed by atoms with Crippen LogP contribution < -0.4 is 16.4 Å². The molecule has 3 aromatic rings. The maximum atomic E-state index is 12.2. The zero-order valence-corrected chi connectivity index (χ0v) is 16.6. The van der Waals surface area contributed by atoms with Gasteiger partial charge >= 0.3 is 18.7 Å². The van der Waals surface area contributed by atoms with Gasteiger partial charge in [0.2, 0.25) is 0 Å². The molecule has 2 atom stereocenters. The summed E-state index contributed by atoms with van der Waals surface area (Å²) in [5, 5.41) is 2.94. The van der Waals surface area contributed by atoms with Crippen LogP contribution in [0, 0.1) is 0 Å². The molecule has 142 valence electrons. The lowest BCUT2D eigenvalue weighted by molar-refractivity contribution is 0.341. The summed E-state index contributed by atoms with van der Waals surface area (Å²) < 4.78 is 13.1. The molecule has 0 aliphatic heterocycles. The first-order valence-electron chi connectivity index (χ1n) is 7.99. The fraction of sp³-hybridized carbons (Fsp3) is 0.176. The van der Waals surface area contributed by atoms with Crippen LogP contribution in [0.5, 0.6) is 0 Å². The van der Waals surface area contributed by atoms with Crippen LogP contribution in [-0.4, -0.2) is 19.8 Å². The second-order valence-electron chi connectivity index (χ2n) is 6.11. The molecule has 8 nitrogen and oxygen atoms in total. The van der Waals surface area contributed by atoms with Crippen LogP contribution in [-0.2, 0) is 4.57 Å². The van der Waals surface area contributed by atoms with Crippen LogP contribution in [0.1, 0.15) is 29.9 Å². The van der Waals surface area contributed by atoms with Gasteiger partial charge in [-0.15, -0.1) is 0 Å². The van der Waals surface area contributed by atoms with Gasteiger partial charge in [0, 0.05) is 16.1 Å². The molecule has 0 spiro atoms. The summed E-state index contributed by atoms with van der Waals surface area (Å²) in [5.74, 6) is -1.37. The fourth-order valence-corrected chi connectivity index (χ4v) is 4.10. The largest absolute Gasteiger partial charge is 0.346 e. The summed E-state index contributed by atoms with van der Waals surface area (Å²) >= 11 is 3.35. The van der Waals surface area contributed by atoms with E-state index in [4.69, 9.17) is 0 Å². The lowest BCUT2D eigenvalue weighted by Crippen LogP contribution is -2.30. The van der Waals surface area contributed by atoms with Crippen molar-refractivity contribution in [3.05, 3.63) is 78.8 Å². The maximum absolute atomic E-state index is 12.2. The highest BCUT2D eigenvalue weighted by molar-refractivity contribution is 9.10. The van der Waals surface area contributed by atoms with Crippen molar-refractivity contribution in [1.29, 1.82) is 0 Å². The highest BCUT2D eigenvalue weighted by atomic mass is 79.9. The van der Waals surface area contributed by atoms with Gasteiger partial charge in [-0.2, -0.15) is 0 Å². The van der Waals surface area contributed by atoms with Crippen molar-refractivity contribution in [2.75, 3.05) is 0 Å². The molecule has 1 heterocycles. The Morgan fingerprint density at radius 3 is 2.30 bits per heavy atom. The Kier molecular flexibility index (Phi) is 5.50. The van der Waals surface area contributed by atoms with Crippen molar-refractivity contribution in [3.63, 3.8) is 0 Å². The van der Waals surface area contributed by atoms with Gasteiger partial charge in [0.05, 0.1) is 11.0 Å². The third kappa shape index (κ3) is 4.28. The van der Waals surface area contributed by atoms with E-state index in [1.807, 2.05) is 24.3 Å². The Hall–Kier alpha value is -2.03. The number of halogens is 1.